The van der Waals surface area contributed by atoms with Gasteiger partial charge in [-0.1, -0.05) is 12.1 Å². The molecule has 1 aromatic carbocycles. The summed E-state index contributed by atoms with van der Waals surface area (Å²) in [5, 5.41) is 12.2. The Bertz CT molecular complexity index is 587. The van der Waals surface area contributed by atoms with Crippen molar-refractivity contribution in [2.45, 2.75) is 25.4 Å². The van der Waals surface area contributed by atoms with Gasteiger partial charge in [0.15, 0.2) is 0 Å². The molecule has 2 N–H and O–H groups in total. The van der Waals surface area contributed by atoms with Crippen LogP contribution in [0, 0.1) is 0 Å². The Balaban J connectivity index is 0.00000147. The first-order valence-electron chi connectivity index (χ1n) is 6.38. The molecule has 1 aromatic heterocycles. The number of rotatable bonds is 5. The summed E-state index contributed by atoms with van der Waals surface area (Å²) >= 11 is 0. The lowest BCUT2D eigenvalue weighted by molar-refractivity contribution is 0.0697. The van der Waals surface area contributed by atoms with Gasteiger partial charge in [-0.15, -0.1) is 12.4 Å². The Morgan fingerprint density at radius 3 is 2.50 bits per heavy atom. The highest BCUT2D eigenvalue weighted by atomic mass is 35.5. The summed E-state index contributed by atoms with van der Waals surface area (Å²) in [4.78, 5) is 10.8. The van der Waals surface area contributed by atoms with E-state index in [1.807, 2.05) is 12.1 Å². The lowest BCUT2D eigenvalue weighted by Crippen LogP contribution is -2.14. The van der Waals surface area contributed by atoms with Gasteiger partial charge in [-0.3, -0.25) is 0 Å². The number of furan rings is 1. The highest BCUT2D eigenvalue weighted by molar-refractivity contribution is 5.88. The van der Waals surface area contributed by atoms with Gasteiger partial charge in [0, 0.05) is 11.6 Å². The minimum absolute atomic E-state index is 0. The van der Waals surface area contributed by atoms with Crippen molar-refractivity contribution in [1.29, 1.82) is 0 Å². The third-order valence-corrected chi connectivity index (χ3v) is 3.22. The molecule has 0 saturated heterocycles. The van der Waals surface area contributed by atoms with E-state index in [0.29, 0.717) is 6.04 Å². The molecule has 0 radical (unpaired) electrons. The highest BCUT2D eigenvalue weighted by Gasteiger charge is 2.20. The van der Waals surface area contributed by atoms with E-state index in [9.17, 15) is 4.79 Å². The predicted octanol–water partition coefficient (Wildman–Crippen LogP) is 3.32. The molecule has 0 unspecified atom stereocenters. The fraction of sp³-hybridized carbons (Fsp3) is 0.267. The van der Waals surface area contributed by atoms with Crippen LogP contribution in [0.4, 0.5) is 0 Å². The average Bonchev–Trinajstić information content (AvgIpc) is 3.13. The van der Waals surface area contributed by atoms with Crippen LogP contribution in [0.5, 0.6) is 0 Å². The maximum Gasteiger partial charge on any atom is 0.335 e. The minimum Gasteiger partial charge on any atom is -0.478 e. The zero-order valence-corrected chi connectivity index (χ0v) is 11.7. The first-order valence-corrected chi connectivity index (χ1v) is 6.38. The maximum absolute atomic E-state index is 10.8. The summed E-state index contributed by atoms with van der Waals surface area (Å²) in [5.41, 5.74) is 1.17. The standard InChI is InChI=1S/C15H15NO3.ClH/c17-15(18)11-3-1-10(2-4-11)14-8-7-13(19-14)9-16-12-5-6-12;/h1-4,7-8,12,16H,5-6,9H2,(H,17,18);1H. The van der Waals surface area contributed by atoms with Crippen molar-refractivity contribution < 1.29 is 14.3 Å². The largest absolute Gasteiger partial charge is 0.478 e. The molecule has 0 amide bonds. The number of benzene rings is 1. The van der Waals surface area contributed by atoms with E-state index in [-0.39, 0.29) is 18.0 Å². The van der Waals surface area contributed by atoms with Gasteiger partial charge in [0.2, 0.25) is 0 Å². The van der Waals surface area contributed by atoms with Crippen molar-refractivity contribution in [3.05, 3.63) is 47.7 Å². The quantitative estimate of drug-likeness (QED) is 0.888. The van der Waals surface area contributed by atoms with Gasteiger partial charge in [-0.2, -0.15) is 0 Å². The Hall–Kier alpha value is -1.78. The Morgan fingerprint density at radius 1 is 1.20 bits per heavy atom. The fourth-order valence-corrected chi connectivity index (χ4v) is 1.94. The summed E-state index contributed by atoms with van der Waals surface area (Å²) < 4.78 is 5.74. The van der Waals surface area contributed by atoms with E-state index < -0.39 is 5.97 Å². The van der Waals surface area contributed by atoms with Crippen molar-refractivity contribution in [2.75, 3.05) is 0 Å². The van der Waals surface area contributed by atoms with Gasteiger partial charge < -0.3 is 14.8 Å². The fourth-order valence-electron chi connectivity index (χ4n) is 1.94. The van der Waals surface area contributed by atoms with Gasteiger partial charge >= 0.3 is 5.97 Å². The second-order valence-corrected chi connectivity index (χ2v) is 4.80. The summed E-state index contributed by atoms with van der Waals surface area (Å²) in [5.74, 6) is 0.758. The number of hydrogen-bond donors (Lipinski definition) is 2. The zero-order valence-electron chi connectivity index (χ0n) is 10.8. The molecule has 0 aliphatic heterocycles. The number of carboxylic acid groups (broad SMARTS) is 1. The van der Waals surface area contributed by atoms with E-state index in [2.05, 4.69) is 5.32 Å². The predicted molar refractivity (Wildman–Crippen MR) is 78.2 cm³/mol. The Kier molecular flexibility index (Phi) is 4.47. The first kappa shape index (κ1) is 14.6. The molecule has 1 fully saturated rings. The van der Waals surface area contributed by atoms with Gasteiger partial charge in [-0.25, -0.2) is 4.79 Å². The van der Waals surface area contributed by atoms with Crippen LogP contribution in [-0.2, 0) is 6.54 Å². The molecule has 1 heterocycles. The van der Waals surface area contributed by atoms with Gasteiger partial charge in [0.25, 0.3) is 0 Å². The summed E-state index contributed by atoms with van der Waals surface area (Å²) in [7, 11) is 0. The Labute approximate surface area is 123 Å². The third kappa shape index (κ3) is 3.40. The molecule has 20 heavy (non-hydrogen) atoms. The van der Waals surface area contributed by atoms with Crippen molar-refractivity contribution in [1.82, 2.24) is 5.32 Å². The smallest absolute Gasteiger partial charge is 0.335 e. The van der Waals surface area contributed by atoms with E-state index >= 15 is 0 Å². The molecule has 1 aliphatic rings. The monoisotopic (exact) mass is 293 g/mol. The van der Waals surface area contributed by atoms with Crippen LogP contribution in [0.15, 0.2) is 40.8 Å². The van der Waals surface area contributed by atoms with Gasteiger partial charge in [0.1, 0.15) is 11.5 Å². The first-order chi connectivity index (χ1) is 9.22. The molecule has 0 atom stereocenters. The van der Waals surface area contributed by atoms with Crippen LogP contribution in [0.3, 0.4) is 0 Å². The van der Waals surface area contributed by atoms with Crippen molar-refractivity contribution in [3.63, 3.8) is 0 Å². The van der Waals surface area contributed by atoms with Crippen LogP contribution < -0.4 is 5.32 Å². The second-order valence-electron chi connectivity index (χ2n) is 4.80. The normalized spacial score (nSPS) is 13.8. The van der Waals surface area contributed by atoms with E-state index in [4.69, 9.17) is 9.52 Å². The molecular formula is C15H16ClNO3. The van der Waals surface area contributed by atoms with Crippen LogP contribution in [0.1, 0.15) is 29.0 Å². The molecule has 106 valence electrons. The SMILES string of the molecule is Cl.O=C(O)c1ccc(-c2ccc(CNC3CC3)o2)cc1. The van der Waals surface area contributed by atoms with E-state index in [0.717, 1.165) is 23.6 Å². The summed E-state index contributed by atoms with van der Waals surface area (Å²) in [6.45, 7) is 0.748. The number of hydrogen-bond acceptors (Lipinski definition) is 3. The van der Waals surface area contributed by atoms with E-state index in [1.165, 1.54) is 12.8 Å². The van der Waals surface area contributed by atoms with Crippen LogP contribution in [-0.4, -0.2) is 17.1 Å². The van der Waals surface area contributed by atoms with Crippen LogP contribution in [0.2, 0.25) is 0 Å². The highest BCUT2D eigenvalue weighted by Crippen LogP contribution is 2.24. The van der Waals surface area contributed by atoms with Crippen molar-refractivity contribution >= 4 is 18.4 Å². The summed E-state index contributed by atoms with van der Waals surface area (Å²) in [6.07, 6.45) is 2.51. The number of aromatic carboxylic acids is 1. The zero-order chi connectivity index (χ0) is 13.2. The lowest BCUT2D eigenvalue weighted by Gasteiger charge is -2.00. The molecule has 2 aromatic rings. The molecule has 3 rings (SSSR count). The topological polar surface area (TPSA) is 62.5 Å². The summed E-state index contributed by atoms with van der Waals surface area (Å²) in [6, 6.07) is 11.2. The van der Waals surface area contributed by atoms with Gasteiger partial charge in [-0.05, 0) is 37.1 Å². The molecule has 1 aliphatic carbocycles. The number of nitrogens with one attached hydrogen (secondary N) is 1. The third-order valence-electron chi connectivity index (χ3n) is 3.22. The minimum atomic E-state index is -0.916. The second kappa shape index (κ2) is 6.11. The van der Waals surface area contributed by atoms with Crippen LogP contribution >= 0.6 is 12.4 Å². The number of carbonyl (C=O) groups is 1. The van der Waals surface area contributed by atoms with E-state index in [1.54, 1.807) is 24.3 Å². The number of carboxylic acids is 1. The lowest BCUT2D eigenvalue weighted by atomic mass is 10.1. The van der Waals surface area contributed by atoms with Crippen LogP contribution in [0.25, 0.3) is 11.3 Å². The molecule has 5 heteroatoms. The molecule has 4 nitrogen and oxygen atoms in total. The van der Waals surface area contributed by atoms with Crippen molar-refractivity contribution in [2.24, 2.45) is 0 Å². The maximum atomic E-state index is 10.8. The Morgan fingerprint density at radius 2 is 1.90 bits per heavy atom. The van der Waals surface area contributed by atoms with Gasteiger partial charge in [0.05, 0.1) is 12.1 Å². The molecule has 0 spiro atoms. The molecule has 1 saturated carbocycles. The van der Waals surface area contributed by atoms with Crippen molar-refractivity contribution in [3.8, 4) is 11.3 Å². The average molecular weight is 294 g/mol. The molecular weight excluding hydrogens is 278 g/mol. The molecule has 0 bridgehead atoms. The number of halogens is 1.